The van der Waals surface area contributed by atoms with Crippen LogP contribution in [-0.2, 0) is 9.59 Å². The van der Waals surface area contributed by atoms with Gasteiger partial charge in [-0.1, -0.05) is 24.3 Å². The highest BCUT2D eigenvalue weighted by atomic mass is 16.4. The number of hydrogen-bond donors (Lipinski definition) is 3. The minimum atomic E-state index is -1.15. The standard InChI is InChI=1S/C15H16N4O4/c20-13(21)8-4-3-7-12(15(22)23)17-19-14-11-6-2-1-5-10(11)9-16-18-14/h1-2,5-6,9H,3-4,7-8H2,(H,18,19)(H,20,21)(H,22,23)/b17-12+. The SMILES string of the molecule is O=C(O)CCCC/C(=N\Nc1nncc2ccccc12)C(=O)O. The Hall–Kier alpha value is -3.03. The molecule has 0 bridgehead atoms. The minimum absolute atomic E-state index is 0.00905. The molecule has 8 heteroatoms. The van der Waals surface area contributed by atoms with E-state index < -0.39 is 11.9 Å². The van der Waals surface area contributed by atoms with Crippen LogP contribution in [0.15, 0.2) is 35.6 Å². The lowest BCUT2D eigenvalue weighted by Gasteiger charge is -2.05. The molecule has 0 spiro atoms. The van der Waals surface area contributed by atoms with Crippen molar-refractivity contribution < 1.29 is 19.8 Å². The second-order valence-corrected chi connectivity index (χ2v) is 4.86. The third kappa shape index (κ3) is 4.73. The van der Waals surface area contributed by atoms with Gasteiger partial charge >= 0.3 is 11.9 Å². The second kappa shape index (κ2) is 7.83. The Kier molecular flexibility index (Phi) is 5.56. The summed E-state index contributed by atoms with van der Waals surface area (Å²) in [7, 11) is 0. The number of unbranched alkanes of at least 4 members (excludes halogenated alkanes) is 1. The third-order valence-electron chi connectivity index (χ3n) is 3.17. The average molecular weight is 316 g/mol. The summed E-state index contributed by atoms with van der Waals surface area (Å²) < 4.78 is 0. The number of fused-ring (bicyclic) bond motifs is 1. The van der Waals surface area contributed by atoms with E-state index in [1.807, 2.05) is 24.3 Å². The number of carboxylic acids is 2. The Morgan fingerprint density at radius 2 is 1.87 bits per heavy atom. The number of aromatic nitrogens is 2. The van der Waals surface area contributed by atoms with E-state index in [2.05, 4.69) is 20.7 Å². The fraction of sp³-hybridized carbons (Fsp3) is 0.267. The Morgan fingerprint density at radius 3 is 2.61 bits per heavy atom. The van der Waals surface area contributed by atoms with Crippen molar-refractivity contribution in [2.24, 2.45) is 5.10 Å². The molecule has 120 valence electrons. The van der Waals surface area contributed by atoms with Crippen LogP contribution in [0.4, 0.5) is 5.82 Å². The lowest BCUT2D eigenvalue weighted by molar-refractivity contribution is -0.137. The summed E-state index contributed by atoms with van der Waals surface area (Å²) in [6.45, 7) is 0. The summed E-state index contributed by atoms with van der Waals surface area (Å²) in [6, 6.07) is 7.39. The molecule has 2 aromatic rings. The van der Waals surface area contributed by atoms with Gasteiger partial charge in [0.15, 0.2) is 5.82 Å². The van der Waals surface area contributed by atoms with E-state index in [1.165, 1.54) is 0 Å². The van der Waals surface area contributed by atoms with Gasteiger partial charge in [0.25, 0.3) is 0 Å². The van der Waals surface area contributed by atoms with Gasteiger partial charge < -0.3 is 10.2 Å². The van der Waals surface area contributed by atoms with Gasteiger partial charge in [-0.05, 0) is 19.3 Å². The summed E-state index contributed by atoms with van der Waals surface area (Å²) in [5.41, 5.74) is 2.56. The van der Waals surface area contributed by atoms with Gasteiger partial charge in [-0.25, -0.2) is 4.79 Å². The first-order valence-corrected chi connectivity index (χ1v) is 7.06. The number of hydrazone groups is 1. The fourth-order valence-corrected chi connectivity index (χ4v) is 2.01. The molecule has 0 aliphatic heterocycles. The molecule has 0 aliphatic carbocycles. The molecule has 0 unspecified atom stereocenters. The van der Waals surface area contributed by atoms with Gasteiger partial charge in [-0.2, -0.15) is 10.2 Å². The monoisotopic (exact) mass is 316 g/mol. The zero-order valence-corrected chi connectivity index (χ0v) is 12.3. The van der Waals surface area contributed by atoms with Gasteiger partial charge in [0.2, 0.25) is 0 Å². The highest BCUT2D eigenvalue weighted by Gasteiger charge is 2.11. The highest BCUT2D eigenvalue weighted by molar-refractivity contribution is 6.35. The average Bonchev–Trinajstić information content (AvgIpc) is 2.53. The Balaban J connectivity index is 2.07. The molecular formula is C15H16N4O4. The molecule has 0 radical (unpaired) electrons. The number of benzene rings is 1. The van der Waals surface area contributed by atoms with Gasteiger partial charge in [0, 0.05) is 17.2 Å². The van der Waals surface area contributed by atoms with Crippen LogP contribution >= 0.6 is 0 Å². The number of nitrogens with zero attached hydrogens (tertiary/aromatic N) is 3. The molecular weight excluding hydrogens is 300 g/mol. The van der Waals surface area contributed by atoms with E-state index >= 15 is 0 Å². The molecule has 8 nitrogen and oxygen atoms in total. The summed E-state index contributed by atoms with van der Waals surface area (Å²) in [5.74, 6) is -1.68. The van der Waals surface area contributed by atoms with Gasteiger partial charge in [-0.15, -0.1) is 5.10 Å². The van der Waals surface area contributed by atoms with Crippen molar-refractivity contribution in [3.8, 4) is 0 Å². The van der Waals surface area contributed by atoms with Crippen LogP contribution < -0.4 is 5.43 Å². The van der Waals surface area contributed by atoms with Gasteiger partial charge in [0.05, 0.1) is 6.20 Å². The normalized spacial score (nSPS) is 11.4. The molecule has 1 aromatic carbocycles. The smallest absolute Gasteiger partial charge is 0.352 e. The third-order valence-corrected chi connectivity index (χ3v) is 3.17. The van der Waals surface area contributed by atoms with E-state index in [0.29, 0.717) is 18.7 Å². The van der Waals surface area contributed by atoms with Crippen molar-refractivity contribution in [3.05, 3.63) is 30.5 Å². The summed E-state index contributed by atoms with van der Waals surface area (Å²) in [6.07, 6.45) is 2.62. The Bertz CT molecular complexity index is 740. The van der Waals surface area contributed by atoms with Crippen molar-refractivity contribution in [1.29, 1.82) is 0 Å². The molecule has 3 N–H and O–H groups in total. The fourth-order valence-electron chi connectivity index (χ4n) is 2.01. The molecule has 0 aliphatic rings. The number of hydrogen-bond acceptors (Lipinski definition) is 6. The largest absolute Gasteiger partial charge is 0.481 e. The first-order chi connectivity index (χ1) is 11.1. The highest BCUT2D eigenvalue weighted by Crippen LogP contribution is 2.19. The summed E-state index contributed by atoms with van der Waals surface area (Å²) >= 11 is 0. The quantitative estimate of drug-likeness (QED) is 0.387. The molecule has 1 heterocycles. The zero-order chi connectivity index (χ0) is 16.7. The Labute approximate surface area is 131 Å². The van der Waals surface area contributed by atoms with Crippen LogP contribution in [0.2, 0.25) is 0 Å². The number of carboxylic acid groups (broad SMARTS) is 2. The van der Waals surface area contributed by atoms with Crippen molar-refractivity contribution in [2.45, 2.75) is 25.7 Å². The number of nitrogens with one attached hydrogen (secondary N) is 1. The van der Waals surface area contributed by atoms with E-state index in [9.17, 15) is 9.59 Å². The van der Waals surface area contributed by atoms with Crippen LogP contribution in [-0.4, -0.2) is 38.1 Å². The van der Waals surface area contributed by atoms with E-state index in [1.54, 1.807) is 6.20 Å². The maximum Gasteiger partial charge on any atom is 0.352 e. The first kappa shape index (κ1) is 16.3. The van der Waals surface area contributed by atoms with Crippen LogP contribution in [0, 0.1) is 0 Å². The first-order valence-electron chi connectivity index (χ1n) is 7.06. The van der Waals surface area contributed by atoms with E-state index in [0.717, 1.165) is 10.8 Å². The minimum Gasteiger partial charge on any atom is -0.481 e. The molecule has 0 fully saturated rings. The molecule has 23 heavy (non-hydrogen) atoms. The van der Waals surface area contributed by atoms with Gasteiger partial charge in [-0.3, -0.25) is 10.2 Å². The number of rotatable bonds is 8. The Morgan fingerprint density at radius 1 is 1.13 bits per heavy atom. The molecule has 0 amide bonds. The van der Waals surface area contributed by atoms with Gasteiger partial charge in [0.1, 0.15) is 5.71 Å². The van der Waals surface area contributed by atoms with E-state index in [-0.39, 0.29) is 18.6 Å². The maximum atomic E-state index is 11.2. The molecule has 2 rings (SSSR count). The lowest BCUT2D eigenvalue weighted by atomic mass is 10.1. The topological polar surface area (TPSA) is 125 Å². The van der Waals surface area contributed by atoms with E-state index in [4.69, 9.17) is 10.2 Å². The molecule has 1 aromatic heterocycles. The summed E-state index contributed by atoms with van der Waals surface area (Å²) in [4.78, 5) is 21.6. The van der Waals surface area contributed by atoms with Crippen LogP contribution in [0.25, 0.3) is 10.8 Å². The van der Waals surface area contributed by atoms with Crippen LogP contribution in [0.3, 0.4) is 0 Å². The second-order valence-electron chi connectivity index (χ2n) is 4.86. The lowest BCUT2D eigenvalue weighted by Crippen LogP contribution is -2.15. The van der Waals surface area contributed by atoms with Crippen molar-refractivity contribution >= 4 is 34.2 Å². The van der Waals surface area contributed by atoms with Crippen LogP contribution in [0.1, 0.15) is 25.7 Å². The molecule has 0 atom stereocenters. The predicted molar refractivity (Wildman–Crippen MR) is 84.3 cm³/mol. The van der Waals surface area contributed by atoms with Crippen molar-refractivity contribution in [3.63, 3.8) is 0 Å². The zero-order valence-electron chi connectivity index (χ0n) is 12.3. The van der Waals surface area contributed by atoms with Crippen LogP contribution in [0.5, 0.6) is 0 Å². The molecule has 0 saturated carbocycles. The maximum absolute atomic E-state index is 11.2. The molecule has 0 saturated heterocycles. The van der Waals surface area contributed by atoms with Crippen molar-refractivity contribution in [2.75, 3.05) is 5.43 Å². The number of carbonyl (C=O) groups is 2. The number of aliphatic carboxylic acids is 2. The summed E-state index contributed by atoms with van der Waals surface area (Å²) in [5, 5.41) is 31.0. The number of anilines is 1. The van der Waals surface area contributed by atoms with Crippen molar-refractivity contribution in [1.82, 2.24) is 10.2 Å². The predicted octanol–water partition coefficient (Wildman–Crippen LogP) is 2.13.